The van der Waals surface area contributed by atoms with Gasteiger partial charge in [0.05, 0.1) is 13.0 Å². The highest BCUT2D eigenvalue weighted by molar-refractivity contribution is 6.58. The first kappa shape index (κ1) is 18.4. The number of carbonyl (C=O) groups is 1. The Kier molecular flexibility index (Phi) is 5.90. The van der Waals surface area contributed by atoms with Crippen molar-refractivity contribution in [3.05, 3.63) is 12.4 Å². The second-order valence-electron chi connectivity index (χ2n) is 6.89. The van der Waals surface area contributed by atoms with E-state index in [1.54, 1.807) is 0 Å². The van der Waals surface area contributed by atoms with Gasteiger partial charge in [0.25, 0.3) is 0 Å². The predicted molar refractivity (Wildman–Crippen MR) is 81.6 cm³/mol. The Labute approximate surface area is 130 Å². The van der Waals surface area contributed by atoms with E-state index in [-0.39, 0.29) is 30.5 Å². The molecule has 1 rings (SSSR count). The topological polar surface area (TPSA) is 102 Å². The highest BCUT2D eigenvalue weighted by Crippen LogP contribution is 2.23. The number of nitrogens with zero attached hydrogens (tertiary/aromatic N) is 2. The molecule has 0 saturated carbocycles. The van der Waals surface area contributed by atoms with Crippen LogP contribution in [0.2, 0.25) is 0 Å². The van der Waals surface area contributed by atoms with Gasteiger partial charge in [0.15, 0.2) is 0 Å². The third-order valence-corrected chi connectivity index (χ3v) is 2.58. The van der Waals surface area contributed by atoms with Gasteiger partial charge in [0, 0.05) is 23.3 Å². The number of carbonyl (C=O) groups excluding carboxylic acids is 1. The summed E-state index contributed by atoms with van der Waals surface area (Å²) in [5, 5.41) is 17.9. The normalized spacial score (nSPS) is 12.0. The molecule has 0 unspecified atom stereocenters. The molecule has 0 saturated heterocycles. The summed E-state index contributed by atoms with van der Waals surface area (Å²) in [4.78, 5) is 19.6. The largest absolute Gasteiger partial charge is 0.491 e. The Morgan fingerprint density at radius 2 is 1.73 bits per heavy atom. The van der Waals surface area contributed by atoms with E-state index >= 15 is 0 Å². The third kappa shape index (κ3) is 6.86. The smallest absolute Gasteiger partial charge is 0.463 e. The van der Waals surface area contributed by atoms with Crippen LogP contribution in [0.25, 0.3) is 0 Å². The van der Waals surface area contributed by atoms with Crippen LogP contribution in [0.15, 0.2) is 12.4 Å². The van der Waals surface area contributed by atoms with Gasteiger partial charge in [-0.2, -0.15) is 0 Å². The van der Waals surface area contributed by atoms with Crippen molar-refractivity contribution >= 4 is 18.6 Å². The van der Waals surface area contributed by atoms with Crippen LogP contribution in [0.3, 0.4) is 0 Å². The van der Waals surface area contributed by atoms with Crippen LogP contribution >= 0.6 is 0 Å². The molecule has 0 aromatic carbocycles. The van der Waals surface area contributed by atoms with Crippen molar-refractivity contribution in [1.82, 2.24) is 9.97 Å². The number of aromatic nitrogens is 2. The zero-order valence-corrected chi connectivity index (χ0v) is 13.7. The summed E-state index contributed by atoms with van der Waals surface area (Å²) in [5.74, 6) is -0.291. The summed E-state index contributed by atoms with van der Waals surface area (Å²) in [6.45, 7) is 9.44. The molecule has 22 heavy (non-hydrogen) atoms. The summed E-state index contributed by atoms with van der Waals surface area (Å²) >= 11 is 0. The minimum Gasteiger partial charge on any atom is -0.463 e. The zero-order valence-electron chi connectivity index (χ0n) is 13.7. The molecule has 8 heteroatoms. The van der Waals surface area contributed by atoms with Crippen molar-refractivity contribution < 1.29 is 24.3 Å². The fraction of sp³-hybridized carbons (Fsp3) is 0.643. The van der Waals surface area contributed by atoms with Crippen LogP contribution in [-0.4, -0.2) is 45.3 Å². The van der Waals surface area contributed by atoms with Gasteiger partial charge in [-0.25, -0.2) is 9.97 Å². The van der Waals surface area contributed by atoms with Crippen LogP contribution in [0.4, 0.5) is 0 Å². The SMILES string of the molecule is CC(C)(COc1ncc(B(O)O)cn1)CC(=O)OC(C)(C)C. The molecule has 0 fully saturated rings. The van der Waals surface area contributed by atoms with Crippen molar-refractivity contribution in [2.75, 3.05) is 6.61 Å². The molecule has 0 aliphatic heterocycles. The second kappa shape index (κ2) is 7.06. The number of hydrogen-bond acceptors (Lipinski definition) is 7. The van der Waals surface area contributed by atoms with E-state index in [1.807, 2.05) is 34.6 Å². The first-order valence-electron chi connectivity index (χ1n) is 7.01. The summed E-state index contributed by atoms with van der Waals surface area (Å²) in [7, 11) is -1.61. The van der Waals surface area contributed by atoms with Gasteiger partial charge in [0.2, 0.25) is 0 Å². The molecule has 1 aromatic rings. The lowest BCUT2D eigenvalue weighted by molar-refractivity contribution is -0.157. The average molecular weight is 310 g/mol. The van der Waals surface area contributed by atoms with Crippen molar-refractivity contribution in [3.8, 4) is 6.01 Å². The molecule has 0 aliphatic rings. The molecule has 2 N–H and O–H groups in total. The number of esters is 1. The number of rotatable bonds is 6. The summed E-state index contributed by atoms with van der Waals surface area (Å²) < 4.78 is 10.7. The van der Waals surface area contributed by atoms with E-state index in [2.05, 4.69) is 9.97 Å². The summed E-state index contributed by atoms with van der Waals surface area (Å²) in [6.07, 6.45) is 2.75. The highest BCUT2D eigenvalue weighted by Gasteiger charge is 2.27. The van der Waals surface area contributed by atoms with Crippen molar-refractivity contribution in [3.63, 3.8) is 0 Å². The van der Waals surface area contributed by atoms with Crippen LogP contribution in [0.5, 0.6) is 6.01 Å². The molecule has 0 amide bonds. The third-order valence-electron chi connectivity index (χ3n) is 2.58. The lowest BCUT2D eigenvalue weighted by Gasteiger charge is -2.26. The Hall–Kier alpha value is -1.67. The van der Waals surface area contributed by atoms with Crippen LogP contribution < -0.4 is 10.2 Å². The van der Waals surface area contributed by atoms with Gasteiger partial charge < -0.3 is 19.5 Å². The molecule has 1 heterocycles. The van der Waals surface area contributed by atoms with E-state index in [1.165, 1.54) is 12.4 Å². The second-order valence-corrected chi connectivity index (χ2v) is 6.89. The summed E-state index contributed by atoms with van der Waals surface area (Å²) in [5.41, 5.74) is -0.778. The lowest BCUT2D eigenvalue weighted by atomic mass is 9.83. The van der Waals surface area contributed by atoms with Gasteiger partial charge in [0.1, 0.15) is 5.60 Å². The van der Waals surface area contributed by atoms with Crippen LogP contribution in [0.1, 0.15) is 41.0 Å². The van der Waals surface area contributed by atoms with Crippen molar-refractivity contribution in [2.45, 2.75) is 46.6 Å². The maximum atomic E-state index is 11.8. The number of hydrogen-bond donors (Lipinski definition) is 2. The molecule has 7 nitrogen and oxygen atoms in total. The standard InChI is InChI=1S/C14H23BN2O5/c1-13(2,3)22-11(18)6-14(4,5)9-21-12-16-7-10(8-17-12)15(19)20/h7-8,19-20H,6,9H2,1-5H3. The van der Waals surface area contributed by atoms with Crippen LogP contribution in [-0.2, 0) is 9.53 Å². The van der Waals surface area contributed by atoms with E-state index in [4.69, 9.17) is 19.5 Å². The van der Waals surface area contributed by atoms with Gasteiger partial charge >= 0.3 is 19.1 Å². The van der Waals surface area contributed by atoms with E-state index in [0.29, 0.717) is 0 Å². The highest BCUT2D eigenvalue weighted by atomic mass is 16.6. The monoisotopic (exact) mass is 310 g/mol. The first-order valence-corrected chi connectivity index (χ1v) is 7.01. The van der Waals surface area contributed by atoms with Gasteiger partial charge in [-0.15, -0.1) is 0 Å². The van der Waals surface area contributed by atoms with Crippen molar-refractivity contribution in [1.29, 1.82) is 0 Å². The van der Waals surface area contributed by atoms with Gasteiger partial charge in [-0.05, 0) is 20.8 Å². The Morgan fingerprint density at radius 1 is 1.18 bits per heavy atom. The fourth-order valence-corrected chi connectivity index (χ4v) is 1.61. The molecular weight excluding hydrogens is 287 g/mol. The molecule has 0 bridgehead atoms. The Morgan fingerprint density at radius 3 is 2.18 bits per heavy atom. The minimum absolute atomic E-state index is 0.113. The molecule has 1 aromatic heterocycles. The van der Waals surface area contributed by atoms with Crippen molar-refractivity contribution in [2.24, 2.45) is 5.41 Å². The summed E-state index contributed by atoms with van der Waals surface area (Å²) in [6, 6.07) is 0.113. The fourth-order valence-electron chi connectivity index (χ4n) is 1.61. The molecule has 122 valence electrons. The lowest BCUT2D eigenvalue weighted by Crippen LogP contribution is -2.32. The van der Waals surface area contributed by atoms with E-state index in [0.717, 1.165) is 0 Å². The number of ether oxygens (including phenoxy) is 2. The first-order chi connectivity index (χ1) is 9.98. The minimum atomic E-state index is -1.61. The average Bonchev–Trinajstić information content (AvgIpc) is 2.33. The van der Waals surface area contributed by atoms with E-state index in [9.17, 15) is 4.79 Å². The molecule has 0 spiro atoms. The van der Waals surface area contributed by atoms with Crippen LogP contribution in [0, 0.1) is 5.41 Å². The van der Waals surface area contributed by atoms with Gasteiger partial charge in [-0.1, -0.05) is 13.8 Å². The molecular formula is C14H23BN2O5. The maximum Gasteiger partial charge on any atom is 0.491 e. The maximum absolute atomic E-state index is 11.8. The molecule has 0 radical (unpaired) electrons. The van der Waals surface area contributed by atoms with Gasteiger partial charge in [-0.3, -0.25) is 4.79 Å². The Bertz CT molecular complexity index is 497. The Balaban J connectivity index is 2.52. The predicted octanol–water partition coefficient (Wildman–Crippen LogP) is 0.293. The zero-order chi connectivity index (χ0) is 17.0. The van der Waals surface area contributed by atoms with E-state index < -0.39 is 18.1 Å². The molecule has 0 aliphatic carbocycles. The quantitative estimate of drug-likeness (QED) is 0.575. The molecule has 0 atom stereocenters.